The van der Waals surface area contributed by atoms with E-state index in [2.05, 4.69) is 25.1 Å². The minimum atomic E-state index is 0.874. The molecule has 1 saturated carbocycles. The Labute approximate surface area is 123 Å². The topological polar surface area (TPSA) is 12.4 Å². The third kappa shape index (κ3) is 3.31. The molecule has 1 aliphatic carbocycles. The zero-order valence-electron chi connectivity index (χ0n) is 12.8. The van der Waals surface area contributed by atoms with Gasteiger partial charge in [-0.2, -0.15) is 0 Å². The first-order chi connectivity index (χ1) is 9.83. The van der Waals surface area contributed by atoms with E-state index in [0.29, 0.717) is 0 Å². The average Bonchev–Trinajstić information content (AvgIpc) is 2.45. The maximum atomic E-state index is 5.08. The van der Waals surface area contributed by atoms with Crippen LogP contribution in [0.1, 0.15) is 68.9 Å². The number of nitrogens with zero attached hydrogens (tertiary/aromatic N) is 1. The first-order valence-electron chi connectivity index (χ1n) is 8.48. The fourth-order valence-corrected chi connectivity index (χ4v) is 3.76. The summed E-state index contributed by atoms with van der Waals surface area (Å²) >= 11 is 0. The van der Waals surface area contributed by atoms with Gasteiger partial charge in [0.15, 0.2) is 0 Å². The van der Waals surface area contributed by atoms with Crippen molar-refractivity contribution in [3.8, 4) is 0 Å². The van der Waals surface area contributed by atoms with E-state index in [1.807, 2.05) is 0 Å². The van der Waals surface area contributed by atoms with Crippen LogP contribution < -0.4 is 0 Å². The summed E-state index contributed by atoms with van der Waals surface area (Å²) in [6, 6.07) is 6.73. The highest BCUT2D eigenvalue weighted by Crippen LogP contribution is 2.33. The molecule has 1 atom stereocenters. The molecular formula is C19H27N. The molecular weight excluding hydrogens is 242 g/mol. The van der Waals surface area contributed by atoms with Gasteiger partial charge in [0.2, 0.25) is 0 Å². The van der Waals surface area contributed by atoms with E-state index in [1.165, 1.54) is 86.7 Å². The van der Waals surface area contributed by atoms with E-state index in [1.54, 1.807) is 0 Å². The molecule has 0 amide bonds. The summed E-state index contributed by atoms with van der Waals surface area (Å²) in [5.74, 6) is 0.874. The highest BCUT2D eigenvalue weighted by atomic mass is 14.8. The van der Waals surface area contributed by atoms with Gasteiger partial charge in [-0.25, -0.2) is 0 Å². The van der Waals surface area contributed by atoms with E-state index in [-0.39, 0.29) is 0 Å². The lowest BCUT2D eigenvalue weighted by Gasteiger charge is -2.22. The Bertz CT molecular complexity index is 487. The molecule has 1 aromatic carbocycles. The van der Waals surface area contributed by atoms with Crippen LogP contribution in [0.2, 0.25) is 0 Å². The number of hydrogen-bond donors (Lipinski definition) is 0. The zero-order chi connectivity index (χ0) is 13.8. The van der Waals surface area contributed by atoms with Crippen LogP contribution in [0.5, 0.6) is 0 Å². The lowest BCUT2D eigenvalue weighted by atomic mass is 9.87. The predicted molar refractivity (Wildman–Crippen MR) is 87.0 cm³/mol. The Morgan fingerprint density at radius 3 is 2.75 bits per heavy atom. The molecule has 0 radical (unpaired) electrons. The lowest BCUT2D eigenvalue weighted by Crippen LogP contribution is -2.11. The normalized spacial score (nSPS) is 24.1. The van der Waals surface area contributed by atoms with Gasteiger partial charge < -0.3 is 0 Å². The summed E-state index contributed by atoms with van der Waals surface area (Å²) in [6.07, 6.45) is 13.5. The van der Waals surface area contributed by atoms with Gasteiger partial charge in [-0.05, 0) is 56.1 Å². The van der Waals surface area contributed by atoms with Gasteiger partial charge in [-0.15, -0.1) is 0 Å². The van der Waals surface area contributed by atoms with Gasteiger partial charge in [-0.1, -0.05) is 50.3 Å². The summed E-state index contributed by atoms with van der Waals surface area (Å²) in [5, 5.41) is 0. The fraction of sp³-hybridized carbons (Fsp3) is 0.632. The molecule has 0 aromatic heterocycles. The molecule has 1 heteroatoms. The molecule has 1 aromatic rings. The molecule has 1 nitrogen and oxygen atoms in total. The predicted octanol–water partition coefficient (Wildman–Crippen LogP) is 5.76. The second-order valence-electron chi connectivity index (χ2n) is 6.68. The van der Waals surface area contributed by atoms with Crippen LogP contribution >= 0.6 is 0 Å². The standard InChI is InChI=1S/C19H27N/c1-15-8-7-10-17-14-16-9-5-3-2-4-6-11-18(13-12-16)20-19(15)17/h7-8,10,16H,2-6,9,11-14H2,1H3. The molecule has 0 N–H and O–H groups in total. The van der Waals surface area contributed by atoms with Crippen LogP contribution in [0.4, 0.5) is 5.69 Å². The van der Waals surface area contributed by atoms with Crippen LogP contribution in [-0.4, -0.2) is 5.71 Å². The number of benzene rings is 1. The average molecular weight is 269 g/mol. The summed E-state index contributed by atoms with van der Waals surface area (Å²) < 4.78 is 0. The van der Waals surface area contributed by atoms with Crippen LogP contribution in [0.15, 0.2) is 23.2 Å². The number of fused-ring (bicyclic) bond motifs is 4. The quantitative estimate of drug-likeness (QED) is 0.567. The number of rotatable bonds is 0. The van der Waals surface area contributed by atoms with Crippen molar-refractivity contribution < 1.29 is 0 Å². The molecule has 1 fully saturated rings. The van der Waals surface area contributed by atoms with Crippen molar-refractivity contribution >= 4 is 11.4 Å². The zero-order valence-corrected chi connectivity index (χ0v) is 12.8. The Morgan fingerprint density at radius 2 is 1.80 bits per heavy atom. The van der Waals surface area contributed by atoms with Gasteiger partial charge in [0.25, 0.3) is 0 Å². The minimum absolute atomic E-state index is 0.874. The number of aliphatic imine (C=N–C) groups is 1. The van der Waals surface area contributed by atoms with Crippen LogP contribution in [-0.2, 0) is 6.42 Å². The molecule has 2 aliphatic rings. The third-order valence-electron chi connectivity index (χ3n) is 5.02. The largest absolute Gasteiger partial charge is 0.257 e. The van der Waals surface area contributed by atoms with Crippen molar-refractivity contribution in [2.24, 2.45) is 10.9 Å². The van der Waals surface area contributed by atoms with Crippen molar-refractivity contribution in [3.63, 3.8) is 0 Å². The van der Waals surface area contributed by atoms with E-state index >= 15 is 0 Å². The van der Waals surface area contributed by atoms with E-state index in [4.69, 9.17) is 4.99 Å². The van der Waals surface area contributed by atoms with E-state index in [9.17, 15) is 0 Å². The Kier molecular flexibility index (Phi) is 4.54. The van der Waals surface area contributed by atoms with Gasteiger partial charge in [0.05, 0.1) is 5.69 Å². The first kappa shape index (κ1) is 13.9. The monoisotopic (exact) mass is 269 g/mol. The second kappa shape index (κ2) is 6.56. The highest BCUT2D eigenvalue weighted by molar-refractivity contribution is 5.88. The molecule has 2 bridgehead atoms. The maximum Gasteiger partial charge on any atom is 0.0690 e. The molecule has 0 saturated heterocycles. The lowest BCUT2D eigenvalue weighted by molar-refractivity contribution is 0.430. The highest BCUT2D eigenvalue weighted by Gasteiger charge is 2.18. The summed E-state index contributed by atoms with van der Waals surface area (Å²) in [7, 11) is 0. The van der Waals surface area contributed by atoms with Gasteiger partial charge in [0, 0.05) is 5.71 Å². The minimum Gasteiger partial charge on any atom is -0.257 e. The van der Waals surface area contributed by atoms with Crippen LogP contribution in [0.25, 0.3) is 0 Å². The number of para-hydroxylation sites is 1. The van der Waals surface area contributed by atoms with Crippen molar-refractivity contribution in [1.82, 2.24) is 0 Å². The Morgan fingerprint density at radius 1 is 0.950 bits per heavy atom. The smallest absolute Gasteiger partial charge is 0.0690 e. The number of aryl methyl sites for hydroxylation is 1. The van der Waals surface area contributed by atoms with Gasteiger partial charge in [0.1, 0.15) is 0 Å². The molecule has 108 valence electrons. The summed E-state index contributed by atoms with van der Waals surface area (Å²) in [4.78, 5) is 5.08. The third-order valence-corrected chi connectivity index (χ3v) is 5.02. The molecule has 1 unspecified atom stereocenters. The summed E-state index contributed by atoms with van der Waals surface area (Å²) in [6.45, 7) is 2.22. The van der Waals surface area contributed by atoms with Crippen LogP contribution in [0, 0.1) is 12.8 Å². The SMILES string of the molecule is Cc1cccc2c1N=C1CCCCCCCC(CC1)C2. The molecule has 1 heterocycles. The van der Waals surface area contributed by atoms with Crippen molar-refractivity contribution in [2.75, 3.05) is 0 Å². The molecule has 20 heavy (non-hydrogen) atoms. The van der Waals surface area contributed by atoms with Crippen LogP contribution in [0.3, 0.4) is 0 Å². The van der Waals surface area contributed by atoms with E-state index in [0.717, 1.165) is 5.92 Å². The maximum absolute atomic E-state index is 5.08. The second-order valence-corrected chi connectivity index (χ2v) is 6.68. The molecule has 1 aliphatic heterocycles. The molecule has 0 spiro atoms. The van der Waals surface area contributed by atoms with Crippen molar-refractivity contribution in [1.29, 1.82) is 0 Å². The summed E-state index contributed by atoms with van der Waals surface area (Å²) in [5.41, 5.74) is 5.61. The Hall–Kier alpha value is -1.11. The molecule has 3 rings (SSSR count). The van der Waals surface area contributed by atoms with Gasteiger partial charge >= 0.3 is 0 Å². The van der Waals surface area contributed by atoms with E-state index < -0.39 is 0 Å². The Balaban J connectivity index is 1.96. The van der Waals surface area contributed by atoms with Crippen molar-refractivity contribution in [3.05, 3.63) is 29.3 Å². The van der Waals surface area contributed by atoms with Crippen molar-refractivity contribution in [2.45, 2.75) is 71.1 Å². The number of hydrogen-bond acceptors (Lipinski definition) is 1. The fourth-order valence-electron chi connectivity index (χ4n) is 3.76. The first-order valence-corrected chi connectivity index (χ1v) is 8.48. The van der Waals surface area contributed by atoms with Gasteiger partial charge in [-0.3, -0.25) is 4.99 Å².